The van der Waals surface area contributed by atoms with Crippen molar-refractivity contribution in [1.82, 2.24) is 8.61 Å². The molecule has 2 aliphatic rings. The average molecular weight is 339 g/mol. The summed E-state index contributed by atoms with van der Waals surface area (Å²) in [6, 6.07) is 6.42. The molecule has 0 N–H and O–H groups in total. The molecule has 2 saturated heterocycles. The van der Waals surface area contributed by atoms with E-state index in [9.17, 15) is 8.42 Å². The average Bonchev–Trinajstić information content (AvgIpc) is 2.56. The van der Waals surface area contributed by atoms with Gasteiger partial charge in [-0.2, -0.15) is 17.0 Å². The van der Waals surface area contributed by atoms with Crippen molar-refractivity contribution in [3.8, 4) is 0 Å². The number of rotatable bonds is 3. The van der Waals surface area contributed by atoms with Crippen LogP contribution in [-0.2, 0) is 14.9 Å². The molecule has 0 aromatic heterocycles. The molecule has 1 aromatic carbocycles. The number of ether oxygens (including phenoxy) is 1. The van der Waals surface area contributed by atoms with Crippen molar-refractivity contribution in [3.05, 3.63) is 29.3 Å². The lowest BCUT2D eigenvalue weighted by Crippen LogP contribution is -2.55. The van der Waals surface area contributed by atoms with Crippen LogP contribution in [0.15, 0.2) is 18.2 Å². The Hall–Kier alpha value is -1.15. The summed E-state index contributed by atoms with van der Waals surface area (Å²) in [5.74, 6) is 0. The summed E-state index contributed by atoms with van der Waals surface area (Å²) in [5, 5.41) is 0. The minimum atomic E-state index is -3.35. The van der Waals surface area contributed by atoms with Crippen LogP contribution in [0.1, 0.15) is 11.1 Å². The van der Waals surface area contributed by atoms with Gasteiger partial charge in [0.1, 0.15) is 0 Å². The largest absolute Gasteiger partial charge is 0.379 e. The summed E-state index contributed by atoms with van der Waals surface area (Å²) in [4.78, 5) is 2.28. The van der Waals surface area contributed by atoms with E-state index in [1.165, 1.54) is 16.8 Å². The molecular formula is C16H25N3O3S. The summed E-state index contributed by atoms with van der Waals surface area (Å²) in [6.07, 6.45) is 0. The monoisotopic (exact) mass is 339 g/mol. The molecule has 2 aliphatic heterocycles. The number of aryl methyl sites for hydroxylation is 2. The smallest absolute Gasteiger partial charge is 0.282 e. The number of hydrogen-bond donors (Lipinski definition) is 0. The summed E-state index contributed by atoms with van der Waals surface area (Å²) in [6.45, 7) is 8.62. The van der Waals surface area contributed by atoms with Crippen molar-refractivity contribution in [2.75, 3.05) is 57.4 Å². The highest BCUT2D eigenvalue weighted by atomic mass is 32.2. The van der Waals surface area contributed by atoms with Crippen molar-refractivity contribution in [2.24, 2.45) is 0 Å². The van der Waals surface area contributed by atoms with Gasteiger partial charge in [-0.15, -0.1) is 0 Å². The van der Waals surface area contributed by atoms with Crippen molar-refractivity contribution in [1.29, 1.82) is 0 Å². The van der Waals surface area contributed by atoms with Gasteiger partial charge in [0.05, 0.1) is 13.2 Å². The molecule has 0 atom stereocenters. The molecule has 0 radical (unpaired) electrons. The molecule has 3 rings (SSSR count). The molecule has 2 heterocycles. The third-order valence-corrected chi connectivity index (χ3v) is 6.59. The number of morpholine rings is 1. The molecular weight excluding hydrogens is 314 g/mol. The maximum atomic E-state index is 12.7. The van der Waals surface area contributed by atoms with Gasteiger partial charge in [0, 0.05) is 45.0 Å². The predicted octanol–water partition coefficient (Wildman–Crippen LogP) is 1.00. The van der Waals surface area contributed by atoms with E-state index >= 15 is 0 Å². The Morgan fingerprint density at radius 3 is 2.13 bits per heavy atom. The molecule has 0 unspecified atom stereocenters. The first kappa shape index (κ1) is 16.7. The summed E-state index contributed by atoms with van der Waals surface area (Å²) < 4.78 is 33.7. The van der Waals surface area contributed by atoms with Crippen LogP contribution in [-0.4, -0.2) is 69.5 Å². The van der Waals surface area contributed by atoms with E-state index in [4.69, 9.17) is 4.74 Å². The maximum Gasteiger partial charge on any atom is 0.282 e. The molecule has 0 aliphatic carbocycles. The topological polar surface area (TPSA) is 53.1 Å². The normalized spacial score (nSPS) is 21.6. The van der Waals surface area contributed by atoms with E-state index in [1.807, 2.05) is 0 Å². The number of piperazine rings is 1. The van der Waals surface area contributed by atoms with Gasteiger partial charge in [0.25, 0.3) is 10.2 Å². The molecule has 7 heteroatoms. The Kier molecular flexibility index (Phi) is 4.91. The molecule has 6 nitrogen and oxygen atoms in total. The number of hydrogen-bond acceptors (Lipinski definition) is 4. The van der Waals surface area contributed by atoms with E-state index in [-0.39, 0.29) is 0 Å². The van der Waals surface area contributed by atoms with E-state index in [1.54, 1.807) is 8.61 Å². The fraction of sp³-hybridized carbons (Fsp3) is 0.625. The van der Waals surface area contributed by atoms with Crippen LogP contribution in [0.4, 0.5) is 5.69 Å². The highest BCUT2D eigenvalue weighted by Gasteiger charge is 2.33. The Morgan fingerprint density at radius 1 is 0.913 bits per heavy atom. The highest BCUT2D eigenvalue weighted by molar-refractivity contribution is 7.86. The number of nitrogens with zero attached hydrogens (tertiary/aromatic N) is 3. The second-order valence-corrected chi connectivity index (χ2v) is 8.12. The van der Waals surface area contributed by atoms with E-state index in [2.05, 4.69) is 36.9 Å². The van der Waals surface area contributed by atoms with Gasteiger partial charge in [-0.1, -0.05) is 17.7 Å². The summed E-state index contributed by atoms with van der Waals surface area (Å²) in [7, 11) is -3.35. The first-order valence-electron chi connectivity index (χ1n) is 8.13. The zero-order chi connectivity index (χ0) is 16.4. The number of benzene rings is 1. The second kappa shape index (κ2) is 6.76. The van der Waals surface area contributed by atoms with Crippen LogP contribution in [0.25, 0.3) is 0 Å². The van der Waals surface area contributed by atoms with Crippen molar-refractivity contribution in [2.45, 2.75) is 13.8 Å². The maximum absolute atomic E-state index is 12.7. The van der Waals surface area contributed by atoms with Crippen LogP contribution in [0.2, 0.25) is 0 Å². The lowest BCUT2D eigenvalue weighted by Gasteiger charge is -2.39. The van der Waals surface area contributed by atoms with E-state index in [0.717, 1.165) is 13.1 Å². The standard InChI is InChI=1S/C16H25N3O3S/c1-14-3-4-16(15(2)13-14)17-5-7-18(8-6-17)23(20,21)19-9-11-22-12-10-19/h3-4,13H,5-12H2,1-2H3. The van der Waals surface area contributed by atoms with Gasteiger partial charge in [0.2, 0.25) is 0 Å². The predicted molar refractivity (Wildman–Crippen MR) is 91.0 cm³/mol. The molecule has 0 spiro atoms. The third-order valence-electron chi connectivity index (χ3n) is 4.55. The van der Waals surface area contributed by atoms with E-state index < -0.39 is 10.2 Å². The molecule has 23 heavy (non-hydrogen) atoms. The van der Waals surface area contributed by atoms with Gasteiger partial charge < -0.3 is 9.64 Å². The highest BCUT2D eigenvalue weighted by Crippen LogP contribution is 2.23. The fourth-order valence-corrected chi connectivity index (χ4v) is 4.82. The van der Waals surface area contributed by atoms with Gasteiger partial charge in [-0.3, -0.25) is 0 Å². The third kappa shape index (κ3) is 3.52. The van der Waals surface area contributed by atoms with Crippen molar-refractivity contribution >= 4 is 15.9 Å². The Bertz CT molecular complexity index is 649. The fourth-order valence-electron chi connectivity index (χ4n) is 3.26. The van der Waals surface area contributed by atoms with Gasteiger partial charge in [-0.25, -0.2) is 0 Å². The van der Waals surface area contributed by atoms with Crippen LogP contribution >= 0.6 is 0 Å². The zero-order valence-corrected chi connectivity index (χ0v) is 14.7. The second-order valence-electron chi connectivity index (χ2n) is 6.20. The minimum Gasteiger partial charge on any atom is -0.379 e. The van der Waals surface area contributed by atoms with Crippen LogP contribution in [0.3, 0.4) is 0 Å². The SMILES string of the molecule is Cc1ccc(N2CCN(S(=O)(=O)N3CCOCC3)CC2)c(C)c1. The van der Waals surface area contributed by atoms with E-state index in [0.29, 0.717) is 39.4 Å². The zero-order valence-electron chi connectivity index (χ0n) is 13.9. The molecule has 0 amide bonds. The first-order valence-corrected chi connectivity index (χ1v) is 9.53. The lowest BCUT2D eigenvalue weighted by atomic mass is 10.1. The lowest BCUT2D eigenvalue weighted by molar-refractivity contribution is 0.0700. The van der Waals surface area contributed by atoms with Gasteiger partial charge in [0.15, 0.2) is 0 Å². The summed E-state index contributed by atoms with van der Waals surface area (Å²) in [5.41, 5.74) is 3.70. The molecule has 0 bridgehead atoms. The quantitative estimate of drug-likeness (QED) is 0.824. The minimum absolute atomic E-state index is 0.458. The number of anilines is 1. The van der Waals surface area contributed by atoms with Gasteiger partial charge in [-0.05, 0) is 25.5 Å². The molecule has 1 aromatic rings. The first-order chi connectivity index (χ1) is 11.0. The van der Waals surface area contributed by atoms with Gasteiger partial charge >= 0.3 is 0 Å². The van der Waals surface area contributed by atoms with Crippen molar-refractivity contribution < 1.29 is 13.2 Å². The van der Waals surface area contributed by atoms with Crippen LogP contribution in [0, 0.1) is 13.8 Å². The molecule has 0 saturated carbocycles. The Balaban J connectivity index is 1.66. The summed E-state index contributed by atoms with van der Waals surface area (Å²) >= 11 is 0. The Morgan fingerprint density at radius 2 is 1.52 bits per heavy atom. The van der Waals surface area contributed by atoms with Crippen molar-refractivity contribution in [3.63, 3.8) is 0 Å². The van der Waals surface area contributed by atoms with Crippen LogP contribution in [0.5, 0.6) is 0 Å². The molecule has 2 fully saturated rings. The van der Waals surface area contributed by atoms with Crippen LogP contribution < -0.4 is 4.90 Å². The molecule has 128 valence electrons. The Labute approximate surface area is 138 Å².